The molecule has 9 nitrogen and oxygen atoms in total. The molecule has 0 atom stereocenters. The van der Waals surface area contributed by atoms with Crippen LogP contribution in [0.4, 0.5) is 21.6 Å². The van der Waals surface area contributed by atoms with E-state index in [1.165, 1.54) is 5.56 Å². The second-order valence-corrected chi connectivity index (χ2v) is 11.2. The zero-order chi connectivity index (χ0) is 24.1. The maximum atomic E-state index is 12.1. The van der Waals surface area contributed by atoms with Gasteiger partial charge in [0.05, 0.1) is 13.2 Å². The Labute approximate surface area is 205 Å². The van der Waals surface area contributed by atoms with Crippen LogP contribution in [0.2, 0.25) is 0 Å². The molecule has 0 bridgehead atoms. The lowest BCUT2D eigenvalue weighted by Gasteiger charge is -2.34. The van der Waals surface area contributed by atoms with Gasteiger partial charge in [0.15, 0.2) is 5.13 Å². The van der Waals surface area contributed by atoms with E-state index in [4.69, 9.17) is 14.5 Å². The lowest BCUT2D eigenvalue weighted by atomic mass is 10.0. The summed E-state index contributed by atoms with van der Waals surface area (Å²) in [6.45, 7) is 13.6. The summed E-state index contributed by atoms with van der Waals surface area (Å²) >= 11 is 1.62. The number of hydrogen-bond acceptors (Lipinski definition) is 9. The van der Waals surface area contributed by atoms with Crippen molar-refractivity contribution < 1.29 is 14.3 Å². The minimum atomic E-state index is -0.491. The highest BCUT2D eigenvalue weighted by Gasteiger charge is 2.25. The third-order valence-electron chi connectivity index (χ3n) is 5.78. The van der Waals surface area contributed by atoms with Gasteiger partial charge in [-0.05, 0) is 58.2 Å². The topological polar surface area (TPSA) is 91.9 Å². The molecule has 2 aliphatic rings. The number of aromatic nitrogens is 2. The van der Waals surface area contributed by atoms with Crippen LogP contribution < -0.4 is 15.5 Å². The van der Waals surface area contributed by atoms with E-state index in [0.717, 1.165) is 80.4 Å². The Morgan fingerprint density at radius 3 is 2.59 bits per heavy atom. The molecule has 10 heteroatoms. The van der Waals surface area contributed by atoms with Gasteiger partial charge in [0, 0.05) is 49.8 Å². The maximum Gasteiger partial charge on any atom is 0.407 e. The van der Waals surface area contributed by atoms with Crippen molar-refractivity contribution in [1.82, 2.24) is 20.2 Å². The quantitative estimate of drug-likeness (QED) is 0.632. The van der Waals surface area contributed by atoms with Crippen LogP contribution in [0.15, 0.2) is 18.3 Å². The van der Waals surface area contributed by atoms with Gasteiger partial charge >= 0.3 is 6.09 Å². The summed E-state index contributed by atoms with van der Waals surface area (Å²) in [6.07, 6.45) is 3.22. The molecule has 2 N–H and O–H groups in total. The predicted octanol–water partition coefficient (Wildman–Crippen LogP) is 3.92. The van der Waals surface area contributed by atoms with Gasteiger partial charge in [-0.25, -0.2) is 14.8 Å². The van der Waals surface area contributed by atoms with Gasteiger partial charge in [-0.2, -0.15) is 0 Å². The smallest absolute Gasteiger partial charge is 0.407 e. The molecule has 1 amide bonds. The van der Waals surface area contributed by atoms with Crippen LogP contribution in [-0.4, -0.2) is 72.0 Å². The lowest BCUT2D eigenvalue weighted by molar-refractivity contribution is 0.0342. The predicted molar refractivity (Wildman–Crippen MR) is 135 cm³/mol. The molecular weight excluding hydrogens is 452 g/mol. The fraction of sp³-hybridized carbons (Fsp3) is 0.625. The summed E-state index contributed by atoms with van der Waals surface area (Å²) in [7, 11) is 0. The monoisotopic (exact) mass is 488 g/mol. The molecule has 2 fully saturated rings. The molecule has 0 spiro atoms. The van der Waals surface area contributed by atoms with Crippen LogP contribution in [0.25, 0.3) is 0 Å². The highest BCUT2D eigenvalue weighted by molar-refractivity contribution is 7.15. The van der Waals surface area contributed by atoms with Gasteiger partial charge in [0.1, 0.15) is 17.2 Å². The molecule has 0 saturated carbocycles. The fourth-order valence-electron chi connectivity index (χ4n) is 4.16. The van der Waals surface area contributed by atoms with Crippen LogP contribution in [0.3, 0.4) is 0 Å². The summed E-state index contributed by atoms with van der Waals surface area (Å²) in [5.41, 5.74) is 0.728. The number of nitrogens with zero attached hydrogens (tertiary/aromatic N) is 4. The number of nitrogens with one attached hydrogen (secondary N) is 2. The Kier molecular flexibility index (Phi) is 7.90. The maximum absolute atomic E-state index is 12.1. The molecular formula is C24H36N6O3S. The Morgan fingerprint density at radius 2 is 1.94 bits per heavy atom. The van der Waals surface area contributed by atoms with Crippen LogP contribution in [-0.2, 0) is 16.0 Å². The Balaban J connectivity index is 1.43. The number of alkyl carbamates (subject to hydrolysis) is 1. The van der Waals surface area contributed by atoms with Crippen molar-refractivity contribution in [3.05, 3.63) is 28.8 Å². The molecule has 186 valence electrons. The van der Waals surface area contributed by atoms with Crippen molar-refractivity contribution in [3.63, 3.8) is 0 Å². The van der Waals surface area contributed by atoms with Crippen LogP contribution in [0, 0.1) is 6.92 Å². The first-order chi connectivity index (χ1) is 16.2. The average Bonchev–Trinajstić information content (AvgIpc) is 3.18. The van der Waals surface area contributed by atoms with Crippen molar-refractivity contribution in [2.75, 3.05) is 49.6 Å². The Bertz CT molecular complexity index is 962. The first kappa shape index (κ1) is 24.7. The molecule has 2 aromatic heterocycles. The van der Waals surface area contributed by atoms with E-state index in [9.17, 15) is 4.79 Å². The normalized spacial score (nSPS) is 18.1. The van der Waals surface area contributed by atoms with Crippen molar-refractivity contribution in [2.24, 2.45) is 0 Å². The first-order valence-corrected chi connectivity index (χ1v) is 12.8. The Morgan fingerprint density at radius 1 is 1.21 bits per heavy atom. The van der Waals surface area contributed by atoms with Gasteiger partial charge in [0.2, 0.25) is 0 Å². The number of ether oxygens (including phenoxy) is 2. The minimum Gasteiger partial charge on any atom is -0.444 e. The first-order valence-electron chi connectivity index (χ1n) is 12.0. The number of amides is 1. The number of aryl methyl sites for hydroxylation is 1. The number of rotatable bonds is 6. The molecule has 34 heavy (non-hydrogen) atoms. The minimum absolute atomic E-state index is 0.110. The summed E-state index contributed by atoms with van der Waals surface area (Å²) in [6, 6.07) is 4.42. The third-order valence-corrected chi connectivity index (χ3v) is 6.61. The van der Waals surface area contributed by atoms with E-state index in [0.29, 0.717) is 0 Å². The van der Waals surface area contributed by atoms with E-state index in [2.05, 4.69) is 37.6 Å². The van der Waals surface area contributed by atoms with E-state index in [1.54, 1.807) is 11.3 Å². The number of morpholine rings is 1. The second kappa shape index (κ2) is 10.9. The average molecular weight is 489 g/mol. The van der Waals surface area contributed by atoms with Gasteiger partial charge in [-0.15, -0.1) is 11.3 Å². The molecule has 2 saturated heterocycles. The summed E-state index contributed by atoms with van der Waals surface area (Å²) < 4.78 is 10.9. The number of carbonyl (C=O) groups is 1. The molecule has 4 rings (SSSR count). The van der Waals surface area contributed by atoms with E-state index >= 15 is 0 Å². The van der Waals surface area contributed by atoms with Crippen LogP contribution in [0.1, 0.15) is 44.1 Å². The molecule has 0 unspecified atom stereocenters. The third kappa shape index (κ3) is 7.28. The summed E-state index contributed by atoms with van der Waals surface area (Å²) in [4.78, 5) is 27.4. The van der Waals surface area contributed by atoms with Crippen molar-refractivity contribution in [1.29, 1.82) is 0 Å². The lowest BCUT2D eigenvalue weighted by Crippen LogP contribution is -2.46. The zero-order valence-electron chi connectivity index (χ0n) is 20.6. The molecule has 0 radical (unpaired) electrons. The van der Waals surface area contributed by atoms with Crippen LogP contribution in [0.5, 0.6) is 0 Å². The Hall–Kier alpha value is -2.43. The molecule has 0 aromatic carbocycles. The van der Waals surface area contributed by atoms with Crippen molar-refractivity contribution >= 4 is 34.2 Å². The van der Waals surface area contributed by atoms with Gasteiger partial charge in [0.25, 0.3) is 0 Å². The summed E-state index contributed by atoms with van der Waals surface area (Å²) in [5, 5.41) is 7.25. The standard InChI is InChI=1S/C24H36N6O3S/c1-17-15-25-22(34-17)28-20-13-18(16-29-9-11-32-12-10-29)14-21(27-20)30-7-5-19(6-8-30)26-23(31)33-24(2,3)4/h13-15,19H,5-12,16H2,1-4H3,(H,26,31)(H,25,27,28). The number of pyridine rings is 1. The number of thiazole rings is 1. The van der Waals surface area contributed by atoms with E-state index in [-0.39, 0.29) is 12.1 Å². The molecule has 0 aliphatic carbocycles. The van der Waals surface area contributed by atoms with Gasteiger partial charge in [-0.3, -0.25) is 4.90 Å². The van der Waals surface area contributed by atoms with E-state index < -0.39 is 5.60 Å². The number of piperidine rings is 1. The highest BCUT2D eigenvalue weighted by Crippen LogP contribution is 2.27. The fourth-order valence-corrected chi connectivity index (χ4v) is 4.83. The van der Waals surface area contributed by atoms with Crippen molar-refractivity contribution in [3.8, 4) is 0 Å². The van der Waals surface area contributed by atoms with Gasteiger partial charge in [-0.1, -0.05) is 0 Å². The number of carbonyl (C=O) groups excluding carboxylic acids is 1. The van der Waals surface area contributed by atoms with E-state index in [1.807, 2.05) is 33.9 Å². The zero-order valence-corrected chi connectivity index (χ0v) is 21.4. The van der Waals surface area contributed by atoms with Gasteiger partial charge < -0.3 is 25.0 Å². The largest absolute Gasteiger partial charge is 0.444 e. The van der Waals surface area contributed by atoms with Crippen molar-refractivity contribution in [2.45, 2.75) is 58.7 Å². The molecule has 4 heterocycles. The second-order valence-electron chi connectivity index (χ2n) is 9.92. The number of anilines is 3. The van der Waals surface area contributed by atoms with Crippen LogP contribution >= 0.6 is 11.3 Å². The SMILES string of the molecule is Cc1cnc(Nc2cc(CN3CCOCC3)cc(N3CCC(NC(=O)OC(C)(C)C)CC3)n2)s1. The number of hydrogen-bond donors (Lipinski definition) is 2. The molecule has 2 aromatic rings. The summed E-state index contributed by atoms with van der Waals surface area (Å²) in [5.74, 6) is 1.77. The highest BCUT2D eigenvalue weighted by atomic mass is 32.1. The molecule has 2 aliphatic heterocycles.